The molecule has 0 bridgehead atoms. The normalized spacial score (nSPS) is 12.5. The van der Waals surface area contributed by atoms with Gasteiger partial charge in [0.05, 0.1) is 41.1 Å². The summed E-state index contributed by atoms with van der Waals surface area (Å²) in [6.07, 6.45) is 0. The SMILES string of the molecule is COc1ccc(-c2nc3c(-c4cccc(C#N)c4)cccc3o2)cc1N1C(=O)c2ccc(C(=O)O)cc2C1=O. The first-order valence-corrected chi connectivity index (χ1v) is 11.7. The Morgan fingerprint density at radius 2 is 1.72 bits per heavy atom. The number of anilines is 1. The highest BCUT2D eigenvalue weighted by Crippen LogP contribution is 2.39. The van der Waals surface area contributed by atoms with Crippen LogP contribution in [-0.4, -0.2) is 35.0 Å². The van der Waals surface area contributed by atoms with Gasteiger partial charge >= 0.3 is 5.97 Å². The van der Waals surface area contributed by atoms with Crippen molar-refractivity contribution in [3.63, 3.8) is 0 Å². The first-order valence-electron chi connectivity index (χ1n) is 11.7. The summed E-state index contributed by atoms with van der Waals surface area (Å²) in [7, 11) is 1.42. The second-order valence-corrected chi connectivity index (χ2v) is 8.76. The van der Waals surface area contributed by atoms with E-state index in [1.165, 1.54) is 25.3 Å². The molecule has 188 valence electrons. The van der Waals surface area contributed by atoms with Crippen LogP contribution in [-0.2, 0) is 0 Å². The Labute approximate surface area is 221 Å². The number of nitrogens with zero attached hydrogens (tertiary/aromatic N) is 3. The minimum Gasteiger partial charge on any atom is -0.495 e. The maximum absolute atomic E-state index is 13.3. The summed E-state index contributed by atoms with van der Waals surface area (Å²) >= 11 is 0. The van der Waals surface area contributed by atoms with E-state index in [1.54, 1.807) is 42.5 Å². The number of aromatic nitrogens is 1. The van der Waals surface area contributed by atoms with Crippen molar-refractivity contribution in [2.75, 3.05) is 12.0 Å². The molecule has 39 heavy (non-hydrogen) atoms. The van der Waals surface area contributed by atoms with E-state index in [0.717, 1.165) is 16.0 Å². The smallest absolute Gasteiger partial charge is 0.335 e. The van der Waals surface area contributed by atoms with Gasteiger partial charge in [0.2, 0.25) is 5.89 Å². The second-order valence-electron chi connectivity index (χ2n) is 8.76. The molecule has 0 saturated heterocycles. The number of fused-ring (bicyclic) bond motifs is 2. The highest BCUT2D eigenvalue weighted by Gasteiger charge is 2.39. The molecule has 6 rings (SSSR count). The number of hydrogen-bond acceptors (Lipinski definition) is 7. The number of nitriles is 1. The molecule has 1 N–H and O–H groups in total. The maximum Gasteiger partial charge on any atom is 0.335 e. The van der Waals surface area contributed by atoms with Crippen LogP contribution in [0.1, 0.15) is 36.6 Å². The summed E-state index contributed by atoms with van der Waals surface area (Å²) in [6.45, 7) is 0. The van der Waals surface area contributed by atoms with Crippen LogP contribution in [0.3, 0.4) is 0 Å². The second kappa shape index (κ2) is 8.97. The van der Waals surface area contributed by atoms with Crippen LogP contribution in [0.25, 0.3) is 33.7 Å². The number of carboxylic acids is 1. The number of amides is 2. The van der Waals surface area contributed by atoms with Gasteiger partial charge in [-0.3, -0.25) is 9.59 Å². The van der Waals surface area contributed by atoms with E-state index < -0.39 is 17.8 Å². The van der Waals surface area contributed by atoms with Gasteiger partial charge in [0.1, 0.15) is 11.3 Å². The molecule has 0 unspecified atom stereocenters. The number of methoxy groups -OCH3 is 1. The van der Waals surface area contributed by atoms with Gasteiger partial charge < -0.3 is 14.3 Å². The summed E-state index contributed by atoms with van der Waals surface area (Å²) in [5.41, 5.74) is 3.87. The van der Waals surface area contributed by atoms with Crippen molar-refractivity contribution >= 4 is 34.6 Å². The summed E-state index contributed by atoms with van der Waals surface area (Å²) < 4.78 is 11.5. The van der Waals surface area contributed by atoms with E-state index in [4.69, 9.17) is 14.1 Å². The van der Waals surface area contributed by atoms with Gasteiger partial charge in [0, 0.05) is 11.1 Å². The zero-order chi connectivity index (χ0) is 27.3. The number of carbonyl (C=O) groups is 3. The number of carbonyl (C=O) groups excluding carboxylic acids is 2. The van der Waals surface area contributed by atoms with E-state index in [2.05, 4.69) is 6.07 Å². The van der Waals surface area contributed by atoms with Crippen molar-refractivity contribution in [1.29, 1.82) is 5.26 Å². The van der Waals surface area contributed by atoms with Crippen LogP contribution in [0, 0.1) is 11.3 Å². The Kier molecular flexibility index (Phi) is 5.44. The Balaban J connectivity index is 1.45. The van der Waals surface area contributed by atoms with E-state index in [1.807, 2.05) is 18.2 Å². The van der Waals surface area contributed by atoms with Crippen LogP contribution in [0.2, 0.25) is 0 Å². The first kappa shape index (κ1) is 23.6. The summed E-state index contributed by atoms with van der Waals surface area (Å²) in [5.74, 6) is -1.95. The molecule has 0 fully saturated rings. The van der Waals surface area contributed by atoms with Crippen molar-refractivity contribution in [2.24, 2.45) is 0 Å². The molecule has 1 aliphatic rings. The average molecular weight is 515 g/mol. The lowest BCUT2D eigenvalue weighted by Gasteiger charge is -2.18. The Bertz CT molecular complexity index is 1900. The fraction of sp³-hybridized carbons (Fsp3) is 0.0333. The van der Waals surface area contributed by atoms with Crippen molar-refractivity contribution in [3.8, 4) is 34.4 Å². The van der Waals surface area contributed by atoms with Gasteiger partial charge in [0.15, 0.2) is 5.58 Å². The first-order chi connectivity index (χ1) is 18.9. The zero-order valence-electron chi connectivity index (χ0n) is 20.3. The van der Waals surface area contributed by atoms with Gasteiger partial charge in [-0.25, -0.2) is 14.7 Å². The molecule has 4 aromatic carbocycles. The van der Waals surface area contributed by atoms with Crippen molar-refractivity contribution in [1.82, 2.24) is 4.98 Å². The quantitative estimate of drug-likeness (QED) is 0.302. The fourth-order valence-corrected chi connectivity index (χ4v) is 4.65. The zero-order valence-corrected chi connectivity index (χ0v) is 20.3. The highest BCUT2D eigenvalue weighted by molar-refractivity contribution is 6.35. The number of imide groups is 1. The minimum absolute atomic E-state index is 0.00143. The largest absolute Gasteiger partial charge is 0.495 e. The molecule has 0 saturated carbocycles. The molecular weight excluding hydrogens is 498 g/mol. The molecule has 2 amide bonds. The lowest BCUT2D eigenvalue weighted by atomic mass is 10.0. The van der Waals surface area contributed by atoms with Gasteiger partial charge in [0.25, 0.3) is 11.8 Å². The summed E-state index contributed by atoms with van der Waals surface area (Å²) in [6, 6.07) is 23.5. The molecule has 5 aromatic rings. The van der Waals surface area contributed by atoms with Gasteiger partial charge in [-0.2, -0.15) is 5.26 Å². The number of benzene rings is 4. The standard InChI is InChI=1S/C30H17N3O6/c1-38-24-11-9-18(14-23(24)33-28(34)21-10-8-19(30(36)37)13-22(21)29(33)35)27-32-26-20(6-3-7-25(26)39-27)17-5-2-4-16(12-17)15-31/h2-14H,1H3,(H,36,37). The average Bonchev–Trinajstić information content (AvgIpc) is 3.51. The minimum atomic E-state index is -1.20. The number of para-hydroxylation sites is 1. The van der Waals surface area contributed by atoms with Crippen LogP contribution >= 0.6 is 0 Å². The van der Waals surface area contributed by atoms with E-state index in [9.17, 15) is 24.8 Å². The third-order valence-corrected chi connectivity index (χ3v) is 6.52. The van der Waals surface area contributed by atoms with Gasteiger partial charge in [-0.15, -0.1) is 0 Å². The third kappa shape index (κ3) is 3.79. The Hall–Kier alpha value is -5.75. The van der Waals surface area contributed by atoms with Crippen LogP contribution in [0.15, 0.2) is 83.3 Å². The maximum atomic E-state index is 13.3. The molecule has 1 aromatic heterocycles. The van der Waals surface area contributed by atoms with Crippen LogP contribution in [0.5, 0.6) is 5.75 Å². The van der Waals surface area contributed by atoms with Gasteiger partial charge in [-0.05, 0) is 60.2 Å². The molecule has 1 aliphatic heterocycles. The highest BCUT2D eigenvalue weighted by atomic mass is 16.5. The van der Waals surface area contributed by atoms with E-state index >= 15 is 0 Å². The lowest BCUT2D eigenvalue weighted by molar-refractivity contribution is 0.0696. The molecule has 0 aliphatic carbocycles. The van der Waals surface area contributed by atoms with Crippen LogP contribution in [0.4, 0.5) is 5.69 Å². The summed E-state index contributed by atoms with van der Waals surface area (Å²) in [5, 5.41) is 18.6. The molecule has 9 heteroatoms. The molecule has 0 spiro atoms. The van der Waals surface area contributed by atoms with Gasteiger partial charge in [-0.1, -0.05) is 24.3 Å². The van der Waals surface area contributed by atoms with Crippen molar-refractivity contribution in [2.45, 2.75) is 0 Å². The molecule has 0 radical (unpaired) electrons. The van der Waals surface area contributed by atoms with E-state index in [0.29, 0.717) is 22.2 Å². The lowest BCUT2D eigenvalue weighted by Crippen LogP contribution is -2.29. The predicted octanol–water partition coefficient (Wildman–Crippen LogP) is 5.54. The number of aromatic carboxylic acids is 1. The molecule has 0 atom stereocenters. The van der Waals surface area contributed by atoms with Crippen molar-refractivity contribution < 1.29 is 28.6 Å². The fourth-order valence-electron chi connectivity index (χ4n) is 4.65. The Morgan fingerprint density at radius 1 is 0.923 bits per heavy atom. The number of rotatable bonds is 5. The number of hydrogen-bond donors (Lipinski definition) is 1. The van der Waals surface area contributed by atoms with E-state index in [-0.39, 0.29) is 34.0 Å². The monoisotopic (exact) mass is 515 g/mol. The molecular formula is C30H17N3O6. The molecule has 2 heterocycles. The Morgan fingerprint density at radius 3 is 2.49 bits per heavy atom. The summed E-state index contributed by atoms with van der Waals surface area (Å²) in [4.78, 5) is 43.6. The topological polar surface area (TPSA) is 134 Å². The van der Waals surface area contributed by atoms with Crippen molar-refractivity contribution in [3.05, 3.63) is 101 Å². The number of carboxylic acid groups (broad SMARTS) is 1. The predicted molar refractivity (Wildman–Crippen MR) is 141 cm³/mol. The van der Waals surface area contributed by atoms with Crippen LogP contribution < -0.4 is 9.64 Å². The third-order valence-electron chi connectivity index (χ3n) is 6.52. The number of oxazole rings is 1. The molecule has 9 nitrogen and oxygen atoms in total. The number of ether oxygens (including phenoxy) is 1.